The second-order valence-electron chi connectivity index (χ2n) is 13.1. The summed E-state index contributed by atoms with van der Waals surface area (Å²) in [7, 11) is 0. The summed E-state index contributed by atoms with van der Waals surface area (Å²) in [4.78, 5) is 0. The average Bonchev–Trinajstić information content (AvgIpc) is 3.21. The lowest BCUT2D eigenvalue weighted by molar-refractivity contribution is 0.137. The van der Waals surface area contributed by atoms with Gasteiger partial charge in [-0.2, -0.15) is 0 Å². The number of aromatic hydroxyl groups is 11. The predicted molar refractivity (Wildman–Crippen MR) is 198 cm³/mol. The Morgan fingerprint density at radius 2 is 0.879 bits per heavy atom. The van der Waals surface area contributed by atoms with Crippen molar-refractivity contribution >= 4 is 33.1 Å². The van der Waals surface area contributed by atoms with Gasteiger partial charge in [-0.3, -0.25) is 0 Å². The summed E-state index contributed by atoms with van der Waals surface area (Å²) in [5.41, 5.74) is -5.89. The van der Waals surface area contributed by atoms with Crippen LogP contribution < -0.4 is 15.2 Å². The smallest absolute Gasteiger partial charge is 0.330 e. The highest BCUT2D eigenvalue weighted by atomic mass is 16.6. The molecule has 18 N–H and O–H groups in total. The van der Waals surface area contributed by atoms with Gasteiger partial charge < -0.3 is 96.7 Å². The zero-order valence-electron chi connectivity index (χ0n) is 28.6. The van der Waals surface area contributed by atoms with Crippen LogP contribution in [0.25, 0.3) is 66.4 Å². The van der Waals surface area contributed by atoms with Crippen molar-refractivity contribution in [3.63, 3.8) is 0 Å². The Bertz CT molecular complexity index is 3090. The lowest BCUT2D eigenvalue weighted by Gasteiger charge is -2.29. The van der Waals surface area contributed by atoms with E-state index in [1.165, 1.54) is 12.1 Å². The van der Waals surface area contributed by atoms with Crippen molar-refractivity contribution in [3.8, 4) is 102 Å². The Balaban J connectivity index is 1.59. The summed E-state index contributed by atoms with van der Waals surface area (Å²) in [5.74, 6) is -25.4. The van der Waals surface area contributed by atoms with E-state index < -0.39 is 159 Å². The summed E-state index contributed by atoms with van der Waals surface area (Å²) >= 11 is 0. The topological polar surface area (TPSA) is 373 Å². The van der Waals surface area contributed by atoms with E-state index in [2.05, 4.69) is 0 Å². The molecule has 0 saturated heterocycles. The van der Waals surface area contributed by atoms with Crippen LogP contribution >= 0.6 is 0 Å². The highest BCUT2D eigenvalue weighted by Crippen LogP contribution is 2.64. The number of phenolic OH excluding ortho intramolecular Hbond substituents is 11. The normalized spacial score (nSPS) is 15.2. The summed E-state index contributed by atoms with van der Waals surface area (Å²) in [6.45, 7) is 0. The first-order valence-corrected chi connectivity index (χ1v) is 16.4. The second-order valence-corrected chi connectivity index (χ2v) is 13.1. The van der Waals surface area contributed by atoms with Gasteiger partial charge in [0.05, 0.1) is 21.7 Å². The molecule has 0 aromatic heterocycles. The van der Waals surface area contributed by atoms with Gasteiger partial charge in [-0.15, -0.1) is 0 Å². The molecule has 0 saturated carbocycles. The first-order valence-electron chi connectivity index (χ1n) is 16.4. The zero-order valence-corrected chi connectivity index (χ0v) is 28.6. The molecule has 296 valence electrons. The highest BCUT2D eigenvalue weighted by Gasteiger charge is 2.41. The largest absolute Gasteiger partial charge is 0.506 e. The van der Waals surface area contributed by atoms with Crippen molar-refractivity contribution in [2.75, 3.05) is 0 Å². The SMILES string of the molecule is OC1=C(O)C(O)=c2c(c(-c3ccc4ccccc4c3)c3c(c2-c2c(O)c(O)c(-c4c(O)c(O)c(O)c5c(O)c(O)c(O)c(O)c45)c(O)c2O)C(O)C(O)=C(O)C=3O)O1. The van der Waals surface area contributed by atoms with Gasteiger partial charge in [0.15, 0.2) is 74.8 Å². The summed E-state index contributed by atoms with van der Waals surface area (Å²) in [5, 5.41) is 195. The van der Waals surface area contributed by atoms with E-state index in [4.69, 9.17) is 4.74 Å². The van der Waals surface area contributed by atoms with Crippen LogP contribution in [0.1, 0.15) is 11.7 Å². The van der Waals surface area contributed by atoms with Crippen molar-refractivity contribution in [2.45, 2.75) is 6.10 Å². The third kappa shape index (κ3) is 4.46. The maximum absolute atomic E-state index is 11.7. The van der Waals surface area contributed by atoms with Crippen molar-refractivity contribution in [1.29, 1.82) is 0 Å². The van der Waals surface area contributed by atoms with Crippen LogP contribution in [0.4, 0.5) is 0 Å². The minimum atomic E-state index is -2.49. The molecular formula is C39H26O19. The second kappa shape index (κ2) is 12.0. The molecule has 1 aliphatic carbocycles. The molecule has 0 bridgehead atoms. The average molecular weight is 799 g/mol. The van der Waals surface area contributed by atoms with E-state index >= 15 is 0 Å². The first kappa shape index (κ1) is 36.4. The van der Waals surface area contributed by atoms with Crippen LogP contribution in [0.5, 0.6) is 69.0 Å². The third-order valence-electron chi connectivity index (χ3n) is 10.1. The summed E-state index contributed by atoms with van der Waals surface area (Å²) in [6.07, 6.45) is -2.49. The molecular weight excluding hydrogens is 772 g/mol. The quantitative estimate of drug-likeness (QED) is 0.0883. The van der Waals surface area contributed by atoms with E-state index in [0.717, 1.165) is 0 Å². The number of hydrogen-bond donors (Lipinski definition) is 18. The van der Waals surface area contributed by atoms with Crippen molar-refractivity contribution in [2.24, 2.45) is 0 Å². The number of aliphatic hydroxyl groups is 7. The fraction of sp³-hybridized carbons (Fsp3) is 0.0256. The fourth-order valence-electron chi connectivity index (χ4n) is 7.40. The highest BCUT2D eigenvalue weighted by molar-refractivity contribution is 6.15. The molecule has 6 aromatic carbocycles. The molecule has 8 rings (SSSR count). The molecule has 0 spiro atoms. The Hall–Kier alpha value is -8.58. The van der Waals surface area contributed by atoms with E-state index in [-0.39, 0.29) is 11.1 Å². The van der Waals surface area contributed by atoms with Gasteiger partial charge in [0.1, 0.15) is 6.10 Å². The number of rotatable bonds is 3. The molecule has 0 radical (unpaired) electrons. The Kier molecular flexibility index (Phi) is 7.50. The molecule has 1 heterocycles. The Labute approximate surface area is 319 Å². The third-order valence-corrected chi connectivity index (χ3v) is 10.1. The van der Waals surface area contributed by atoms with Crippen molar-refractivity contribution in [1.82, 2.24) is 0 Å². The Morgan fingerprint density at radius 1 is 0.397 bits per heavy atom. The van der Waals surface area contributed by atoms with Crippen LogP contribution in [-0.4, -0.2) is 91.9 Å². The maximum atomic E-state index is 11.7. The molecule has 19 heteroatoms. The lowest BCUT2D eigenvalue weighted by atomic mass is 9.81. The van der Waals surface area contributed by atoms with Gasteiger partial charge >= 0.3 is 5.95 Å². The van der Waals surface area contributed by atoms with E-state index in [0.29, 0.717) is 10.8 Å². The number of phenols is 11. The monoisotopic (exact) mass is 798 g/mol. The molecule has 6 aromatic rings. The van der Waals surface area contributed by atoms with Crippen molar-refractivity contribution in [3.05, 3.63) is 81.7 Å². The zero-order chi connectivity index (χ0) is 42.1. The van der Waals surface area contributed by atoms with Crippen LogP contribution in [0, 0.1) is 0 Å². The molecule has 2 aliphatic rings. The molecule has 0 fully saturated rings. The minimum Gasteiger partial charge on any atom is -0.506 e. The van der Waals surface area contributed by atoms with Gasteiger partial charge in [0.25, 0.3) is 0 Å². The minimum absolute atomic E-state index is 0.0639. The standard InChI is InChI=1S/C39H26O19/c40-21-13-11(10-6-5-8-3-1-2-4-9(8)7-10)38-20(31(50)37(56)39(57)58-38)12(14(13)22(41)34(53)33(21)52)17-25(44)27(46)18(28(47)26(17)45)15-16-19(29(48)32(51)23(15)42)30(49)36(55)35(54)24(16)43/h1-7,22,40-57H. The van der Waals surface area contributed by atoms with Gasteiger partial charge in [-0.05, 0) is 22.4 Å². The molecule has 1 aliphatic heterocycles. The van der Waals surface area contributed by atoms with E-state index in [1.54, 1.807) is 30.3 Å². The van der Waals surface area contributed by atoms with Gasteiger partial charge in [0.2, 0.25) is 23.0 Å². The molecule has 19 nitrogen and oxygen atoms in total. The number of benzene rings is 6. The van der Waals surface area contributed by atoms with Crippen LogP contribution in [0.15, 0.2) is 65.7 Å². The lowest BCUT2D eigenvalue weighted by Crippen LogP contribution is -2.35. The first-order chi connectivity index (χ1) is 27.3. The number of aliphatic hydroxyl groups excluding tert-OH is 7. The molecule has 58 heavy (non-hydrogen) atoms. The van der Waals surface area contributed by atoms with E-state index in [1.807, 2.05) is 0 Å². The van der Waals surface area contributed by atoms with Crippen LogP contribution in [0.3, 0.4) is 0 Å². The maximum Gasteiger partial charge on any atom is 0.330 e. The molecule has 0 amide bonds. The van der Waals surface area contributed by atoms with Gasteiger partial charge in [-0.25, -0.2) is 0 Å². The number of fused-ring (bicyclic) bond motifs is 4. The predicted octanol–water partition coefficient (Wildman–Crippen LogP) is 4.14. The summed E-state index contributed by atoms with van der Waals surface area (Å²) in [6, 6.07) is 11.4. The van der Waals surface area contributed by atoms with Gasteiger partial charge in [-0.1, -0.05) is 36.4 Å². The Morgan fingerprint density at radius 3 is 1.47 bits per heavy atom. The van der Waals surface area contributed by atoms with Gasteiger partial charge in [0, 0.05) is 32.9 Å². The molecule has 1 atom stereocenters. The number of hydrogen-bond acceptors (Lipinski definition) is 19. The van der Waals surface area contributed by atoms with Crippen molar-refractivity contribution < 1.29 is 96.7 Å². The number of ether oxygens (including phenoxy) is 1. The summed E-state index contributed by atoms with van der Waals surface area (Å²) < 4.78 is 5.52. The van der Waals surface area contributed by atoms with Crippen LogP contribution in [-0.2, 0) is 0 Å². The van der Waals surface area contributed by atoms with Crippen LogP contribution in [0.2, 0.25) is 0 Å². The molecule has 1 unspecified atom stereocenters. The van der Waals surface area contributed by atoms with E-state index in [9.17, 15) is 91.9 Å². The fourth-order valence-corrected chi connectivity index (χ4v) is 7.40.